The molecule has 0 amide bonds. The molecule has 4 nitrogen and oxygen atoms in total. The molecule has 136 valence electrons. The minimum absolute atomic E-state index is 0.171. The van der Waals surface area contributed by atoms with Gasteiger partial charge < -0.3 is 9.84 Å². The summed E-state index contributed by atoms with van der Waals surface area (Å²) in [5.41, 5.74) is -0.107. The van der Waals surface area contributed by atoms with E-state index < -0.39 is 17.3 Å². The van der Waals surface area contributed by atoms with Crippen LogP contribution in [0.25, 0.3) is 10.8 Å². The number of ether oxygens (including phenoxy) is 1. The van der Waals surface area contributed by atoms with Crippen molar-refractivity contribution in [2.75, 3.05) is 7.11 Å². The number of fused-ring (bicyclic) bond motifs is 1. The second-order valence-corrected chi connectivity index (χ2v) is 6.49. The molecule has 0 bridgehead atoms. The van der Waals surface area contributed by atoms with Crippen molar-refractivity contribution in [2.24, 2.45) is 5.41 Å². The summed E-state index contributed by atoms with van der Waals surface area (Å²) in [6.45, 7) is 1.74. The first-order valence-electron chi connectivity index (χ1n) is 8.84. The fourth-order valence-electron chi connectivity index (χ4n) is 3.78. The molecule has 0 aromatic heterocycles. The molecule has 0 aliphatic carbocycles. The lowest BCUT2D eigenvalue weighted by atomic mass is 9.67. The maximum absolute atomic E-state index is 12.3. The quantitative estimate of drug-likeness (QED) is 0.673. The predicted molar refractivity (Wildman–Crippen MR) is 105 cm³/mol. The molecule has 0 aliphatic rings. The first kappa shape index (κ1) is 18.5. The van der Waals surface area contributed by atoms with Gasteiger partial charge in [0.25, 0.3) is 0 Å². The number of carboxylic acids is 1. The third kappa shape index (κ3) is 3.02. The third-order valence-electron chi connectivity index (χ3n) is 5.22. The molecule has 3 rings (SSSR count). The van der Waals surface area contributed by atoms with E-state index in [-0.39, 0.29) is 6.42 Å². The minimum Gasteiger partial charge on any atom is -0.496 e. The van der Waals surface area contributed by atoms with Gasteiger partial charge in [-0.3, -0.25) is 4.79 Å². The number of benzene rings is 3. The van der Waals surface area contributed by atoms with Crippen LogP contribution < -0.4 is 4.74 Å². The van der Waals surface area contributed by atoms with Crippen LogP contribution in [0.4, 0.5) is 0 Å². The molecule has 0 aliphatic heterocycles. The Hall–Kier alpha value is -3.32. The molecule has 0 radical (unpaired) electrons. The van der Waals surface area contributed by atoms with Gasteiger partial charge in [-0.05, 0) is 28.8 Å². The number of methoxy groups -OCH3 is 1. The van der Waals surface area contributed by atoms with Crippen LogP contribution in [0.1, 0.15) is 30.4 Å². The average Bonchev–Trinajstić information content (AvgIpc) is 2.71. The summed E-state index contributed by atoms with van der Waals surface area (Å²) in [5.74, 6) is -1.23. The summed E-state index contributed by atoms with van der Waals surface area (Å²) in [4.78, 5) is 12.3. The van der Waals surface area contributed by atoms with Crippen LogP contribution in [0.15, 0.2) is 66.7 Å². The van der Waals surface area contributed by atoms with Crippen LogP contribution in [-0.2, 0) is 4.79 Å². The molecular weight excluding hydrogens is 338 g/mol. The lowest BCUT2D eigenvalue weighted by Gasteiger charge is -2.33. The smallest absolute Gasteiger partial charge is 0.325 e. The minimum atomic E-state index is -1.61. The Bertz CT molecular complexity index is 1020. The van der Waals surface area contributed by atoms with Crippen molar-refractivity contribution in [3.63, 3.8) is 0 Å². The zero-order valence-electron chi connectivity index (χ0n) is 15.3. The molecule has 3 aromatic carbocycles. The molecule has 1 N–H and O–H groups in total. The molecule has 2 unspecified atom stereocenters. The first-order valence-corrected chi connectivity index (χ1v) is 8.84. The first-order chi connectivity index (χ1) is 13.1. The normalized spacial score (nSPS) is 14.1. The van der Waals surface area contributed by atoms with Crippen LogP contribution in [0.2, 0.25) is 0 Å². The van der Waals surface area contributed by atoms with Crippen LogP contribution in [0.3, 0.4) is 0 Å². The summed E-state index contributed by atoms with van der Waals surface area (Å²) in [5, 5.41) is 22.0. The van der Waals surface area contributed by atoms with Crippen LogP contribution in [-0.4, -0.2) is 18.2 Å². The lowest BCUT2D eigenvalue weighted by Crippen LogP contribution is -2.36. The molecule has 0 heterocycles. The van der Waals surface area contributed by atoms with E-state index in [1.807, 2.05) is 60.7 Å². The molecule has 2 atom stereocenters. The van der Waals surface area contributed by atoms with E-state index in [0.717, 1.165) is 16.3 Å². The Morgan fingerprint density at radius 2 is 1.70 bits per heavy atom. The number of hydrogen-bond donors (Lipinski definition) is 1. The highest BCUT2D eigenvalue weighted by Crippen LogP contribution is 2.48. The van der Waals surface area contributed by atoms with Gasteiger partial charge in [0.05, 0.1) is 13.2 Å². The number of hydrogen-bond acceptors (Lipinski definition) is 3. The van der Waals surface area contributed by atoms with Gasteiger partial charge in [-0.2, -0.15) is 5.26 Å². The SMILES string of the molecule is CCC(C#N)(C(=O)O)C(c1ccccc1OC)c1cccc2ccccc12. The van der Waals surface area contributed by atoms with Crippen molar-refractivity contribution >= 4 is 16.7 Å². The molecule has 3 aromatic rings. The molecule has 0 fully saturated rings. The molecule has 4 heteroatoms. The Morgan fingerprint density at radius 3 is 2.37 bits per heavy atom. The second kappa shape index (κ2) is 7.51. The van der Waals surface area contributed by atoms with Gasteiger partial charge in [-0.25, -0.2) is 0 Å². The van der Waals surface area contributed by atoms with Crippen molar-refractivity contribution in [3.05, 3.63) is 77.9 Å². The van der Waals surface area contributed by atoms with Gasteiger partial charge in [-0.1, -0.05) is 67.6 Å². The van der Waals surface area contributed by atoms with Gasteiger partial charge in [0.2, 0.25) is 0 Å². The van der Waals surface area contributed by atoms with Gasteiger partial charge in [-0.15, -0.1) is 0 Å². The topological polar surface area (TPSA) is 70.3 Å². The van der Waals surface area contributed by atoms with Crippen molar-refractivity contribution in [3.8, 4) is 11.8 Å². The number of rotatable bonds is 6. The fraction of sp³-hybridized carbons (Fsp3) is 0.217. The molecule has 27 heavy (non-hydrogen) atoms. The Labute approximate surface area is 158 Å². The summed E-state index contributed by atoms with van der Waals surface area (Å²) in [6, 6.07) is 23.1. The van der Waals surface area contributed by atoms with E-state index in [9.17, 15) is 15.2 Å². The van der Waals surface area contributed by atoms with Gasteiger partial charge in [0.1, 0.15) is 5.75 Å². The largest absolute Gasteiger partial charge is 0.496 e. The zero-order chi connectivity index (χ0) is 19.4. The number of aliphatic carboxylic acids is 1. The highest BCUT2D eigenvalue weighted by molar-refractivity contribution is 5.89. The number of carbonyl (C=O) groups is 1. The van der Waals surface area contributed by atoms with Crippen LogP contribution >= 0.6 is 0 Å². The van der Waals surface area contributed by atoms with E-state index in [1.54, 1.807) is 20.1 Å². The second-order valence-electron chi connectivity index (χ2n) is 6.49. The van der Waals surface area contributed by atoms with Crippen LogP contribution in [0, 0.1) is 16.7 Å². The lowest BCUT2D eigenvalue weighted by molar-refractivity contribution is -0.146. The van der Waals surface area contributed by atoms with Crippen molar-refractivity contribution < 1.29 is 14.6 Å². The summed E-state index contributed by atoms with van der Waals surface area (Å²) >= 11 is 0. The van der Waals surface area contributed by atoms with E-state index in [2.05, 4.69) is 6.07 Å². The summed E-state index contributed by atoms with van der Waals surface area (Å²) < 4.78 is 5.52. The number of carboxylic acid groups (broad SMARTS) is 1. The van der Waals surface area contributed by atoms with Crippen LogP contribution in [0.5, 0.6) is 5.75 Å². The maximum Gasteiger partial charge on any atom is 0.325 e. The highest BCUT2D eigenvalue weighted by Gasteiger charge is 2.48. The molecular formula is C23H21NO3. The van der Waals surface area contributed by atoms with Gasteiger partial charge >= 0.3 is 5.97 Å². The predicted octanol–water partition coefficient (Wildman–Crippen LogP) is 4.98. The third-order valence-corrected chi connectivity index (χ3v) is 5.22. The monoisotopic (exact) mass is 359 g/mol. The Kier molecular flexibility index (Phi) is 5.14. The Balaban J connectivity index is 2.41. The summed E-state index contributed by atoms with van der Waals surface area (Å²) in [6.07, 6.45) is 0.171. The van der Waals surface area contributed by atoms with Gasteiger partial charge in [0.15, 0.2) is 5.41 Å². The van der Waals surface area contributed by atoms with Gasteiger partial charge in [0, 0.05) is 11.5 Å². The fourth-order valence-corrected chi connectivity index (χ4v) is 3.78. The number of para-hydroxylation sites is 1. The standard InChI is InChI=1S/C23H21NO3/c1-3-23(15-24,22(25)26)21(19-12-6-7-14-20(19)27-2)18-13-8-10-16-9-4-5-11-17(16)18/h4-14,21H,3H2,1-2H3,(H,25,26). The number of nitrogens with zero attached hydrogens (tertiary/aromatic N) is 1. The van der Waals surface area contributed by atoms with E-state index in [1.165, 1.54) is 0 Å². The van der Waals surface area contributed by atoms with E-state index >= 15 is 0 Å². The number of nitriles is 1. The molecule has 0 saturated carbocycles. The zero-order valence-corrected chi connectivity index (χ0v) is 15.3. The summed E-state index contributed by atoms with van der Waals surface area (Å²) in [7, 11) is 1.56. The molecule has 0 spiro atoms. The average molecular weight is 359 g/mol. The van der Waals surface area contributed by atoms with Crippen molar-refractivity contribution in [1.29, 1.82) is 5.26 Å². The van der Waals surface area contributed by atoms with Crippen molar-refractivity contribution in [1.82, 2.24) is 0 Å². The van der Waals surface area contributed by atoms with Crippen molar-refractivity contribution in [2.45, 2.75) is 19.3 Å². The Morgan fingerprint density at radius 1 is 1.07 bits per heavy atom. The maximum atomic E-state index is 12.3. The highest BCUT2D eigenvalue weighted by atomic mass is 16.5. The van der Waals surface area contributed by atoms with E-state index in [4.69, 9.17) is 4.74 Å². The van der Waals surface area contributed by atoms with E-state index in [0.29, 0.717) is 11.3 Å². The molecule has 0 saturated heterocycles.